The maximum atomic E-state index is 13.4. The molecular weight excluding hydrogens is 444 g/mol. The van der Waals surface area contributed by atoms with Gasteiger partial charge in [0.1, 0.15) is 17.4 Å². The molecule has 1 saturated carbocycles. The van der Waals surface area contributed by atoms with Crippen LogP contribution in [0.15, 0.2) is 29.5 Å². The van der Waals surface area contributed by atoms with E-state index >= 15 is 0 Å². The molecule has 4 rings (SSSR count). The van der Waals surface area contributed by atoms with E-state index in [0.29, 0.717) is 11.1 Å². The number of ketones is 2. The first kappa shape index (κ1) is 23.7. The molecule has 0 bridgehead atoms. The van der Waals surface area contributed by atoms with Gasteiger partial charge >= 0.3 is 0 Å². The van der Waals surface area contributed by atoms with E-state index in [2.05, 4.69) is 0 Å². The highest BCUT2D eigenvalue weighted by molar-refractivity contribution is 6.15. The molecule has 1 aromatic rings. The lowest BCUT2D eigenvalue weighted by molar-refractivity contribution is -0.167. The number of fused-ring (bicyclic) bond motifs is 3. The Morgan fingerprint density at radius 3 is 2.47 bits per heavy atom. The molecule has 6 N–H and O–H groups in total. The molecule has 3 aliphatic rings. The number of rotatable bonds is 3. The molecule has 180 valence electrons. The maximum Gasteiger partial charge on any atom is 0.246 e. The van der Waals surface area contributed by atoms with Gasteiger partial charge in [0.2, 0.25) is 11.8 Å². The molecule has 10 nitrogen and oxygen atoms in total. The summed E-state index contributed by atoms with van der Waals surface area (Å²) in [7, 11) is 3.18. The number of phenols is 1. The van der Waals surface area contributed by atoms with Crippen LogP contribution >= 0.6 is 0 Å². The van der Waals surface area contributed by atoms with Crippen molar-refractivity contribution in [1.82, 2.24) is 4.90 Å². The molecule has 10 heteroatoms. The zero-order chi connectivity index (χ0) is 25.1. The average Bonchev–Trinajstić information content (AvgIpc) is 2.75. The van der Waals surface area contributed by atoms with Crippen LogP contribution in [-0.2, 0) is 20.8 Å². The lowest BCUT2D eigenvalue weighted by Gasteiger charge is -2.48. The summed E-state index contributed by atoms with van der Waals surface area (Å²) >= 11 is 0. The van der Waals surface area contributed by atoms with Crippen LogP contribution < -0.4 is 5.73 Å². The number of benzene rings is 1. The Morgan fingerprint density at radius 1 is 1.18 bits per heavy atom. The van der Waals surface area contributed by atoms with Crippen molar-refractivity contribution >= 4 is 29.5 Å². The monoisotopic (exact) mass is 470 g/mol. The topological polar surface area (TPSA) is 178 Å². The van der Waals surface area contributed by atoms with Crippen molar-refractivity contribution in [2.24, 2.45) is 23.5 Å². The molecule has 0 heterocycles. The van der Waals surface area contributed by atoms with E-state index in [1.54, 1.807) is 20.2 Å². The number of hydrogen-bond donors (Lipinski definition) is 5. The Bertz CT molecular complexity index is 1180. The molecule has 34 heavy (non-hydrogen) atoms. The zero-order valence-corrected chi connectivity index (χ0v) is 18.7. The third-order valence-corrected chi connectivity index (χ3v) is 7.16. The van der Waals surface area contributed by atoms with Crippen LogP contribution in [-0.4, -0.2) is 74.5 Å². The van der Waals surface area contributed by atoms with Crippen molar-refractivity contribution in [3.05, 3.63) is 46.2 Å². The standard InChI is InChI=1S/C24H26N2O8/c1-26(2)16(29)6-4-10-3-5-14(27)18-13(10)8-11-7-12-9-15(28)19(23(25)33)22(32)24(12,34)21(31)17(11)20(18)30/h3-6,11-12,15,19,27-28,31,34H,7-9H2,1-2H3,(H2,25,33)/b6-4+/t11-,12+,15?,19?,24+/m1/s1. The van der Waals surface area contributed by atoms with Gasteiger partial charge in [-0.25, -0.2) is 0 Å². The molecule has 1 aromatic carbocycles. The van der Waals surface area contributed by atoms with Crippen molar-refractivity contribution in [1.29, 1.82) is 0 Å². The van der Waals surface area contributed by atoms with E-state index in [4.69, 9.17) is 5.73 Å². The molecule has 0 saturated heterocycles. The molecule has 2 unspecified atom stereocenters. The first-order chi connectivity index (χ1) is 15.9. The summed E-state index contributed by atoms with van der Waals surface area (Å²) in [5, 5.41) is 43.0. The number of amides is 2. The molecular formula is C24H26N2O8. The predicted molar refractivity (Wildman–Crippen MR) is 118 cm³/mol. The Kier molecular flexibility index (Phi) is 5.61. The number of aliphatic hydroxyl groups excluding tert-OH is 2. The number of allylic oxidation sites excluding steroid dienone is 1. The van der Waals surface area contributed by atoms with E-state index in [0.717, 1.165) is 0 Å². The fourth-order valence-corrected chi connectivity index (χ4v) is 5.42. The maximum absolute atomic E-state index is 13.4. The third-order valence-electron chi connectivity index (χ3n) is 7.16. The van der Waals surface area contributed by atoms with Gasteiger partial charge in [-0.05, 0) is 48.4 Å². The van der Waals surface area contributed by atoms with Gasteiger partial charge in [0.05, 0.1) is 11.7 Å². The molecule has 0 radical (unpaired) electrons. The molecule has 5 atom stereocenters. The van der Waals surface area contributed by atoms with Crippen LogP contribution in [0.1, 0.15) is 34.3 Å². The SMILES string of the molecule is CN(C)C(=O)/C=C/c1ccc(O)c2c1C[C@H]1C[C@H]3CC(O)C(C(N)=O)C(=O)[C@@]3(O)C(O)=C1C2=O. The number of phenolic OH excluding ortho intramolecular Hbond substituents is 1. The number of carbonyl (C=O) groups excluding carboxylic acids is 4. The highest BCUT2D eigenvalue weighted by atomic mass is 16.3. The Balaban J connectivity index is 1.83. The third kappa shape index (κ3) is 3.33. The minimum atomic E-state index is -2.54. The van der Waals surface area contributed by atoms with Gasteiger partial charge in [0.15, 0.2) is 17.2 Å². The number of nitrogens with two attached hydrogens (primary N) is 1. The van der Waals surface area contributed by atoms with Gasteiger partial charge in [-0.3, -0.25) is 19.2 Å². The van der Waals surface area contributed by atoms with Crippen molar-refractivity contribution < 1.29 is 39.6 Å². The highest BCUT2D eigenvalue weighted by Crippen LogP contribution is 2.51. The second kappa shape index (κ2) is 8.07. The quantitative estimate of drug-likeness (QED) is 0.299. The Hall–Kier alpha value is -3.50. The number of carbonyl (C=O) groups is 4. The number of aliphatic hydroxyl groups is 3. The normalized spacial score (nSPS) is 30.6. The lowest BCUT2D eigenvalue weighted by Crippen LogP contribution is -2.63. The summed E-state index contributed by atoms with van der Waals surface area (Å²) in [6.07, 6.45) is 1.53. The van der Waals surface area contributed by atoms with E-state index < -0.39 is 52.7 Å². The van der Waals surface area contributed by atoms with Gasteiger partial charge in [-0.1, -0.05) is 6.07 Å². The molecule has 1 fully saturated rings. The van der Waals surface area contributed by atoms with Crippen LogP contribution in [0.25, 0.3) is 6.08 Å². The van der Waals surface area contributed by atoms with Crippen LogP contribution in [0.2, 0.25) is 0 Å². The molecule has 0 aliphatic heterocycles. The van der Waals surface area contributed by atoms with Crippen LogP contribution in [0, 0.1) is 17.8 Å². The van der Waals surface area contributed by atoms with Crippen molar-refractivity contribution in [3.63, 3.8) is 0 Å². The lowest BCUT2D eigenvalue weighted by atomic mass is 9.57. The van der Waals surface area contributed by atoms with E-state index in [1.807, 2.05) is 0 Å². The van der Waals surface area contributed by atoms with Gasteiger partial charge in [0, 0.05) is 31.7 Å². The van der Waals surface area contributed by atoms with Gasteiger partial charge in [-0.2, -0.15) is 0 Å². The number of likely N-dealkylation sites (N-methyl/N-ethyl adjacent to an activating group) is 1. The summed E-state index contributed by atoms with van der Waals surface area (Å²) in [6, 6.07) is 2.86. The zero-order valence-electron chi connectivity index (χ0n) is 18.7. The van der Waals surface area contributed by atoms with E-state index in [1.165, 1.54) is 23.1 Å². The first-order valence-electron chi connectivity index (χ1n) is 10.9. The molecule has 0 spiro atoms. The first-order valence-corrected chi connectivity index (χ1v) is 10.9. The fraction of sp³-hybridized carbons (Fsp3) is 0.417. The number of aromatic hydroxyl groups is 1. The summed E-state index contributed by atoms with van der Waals surface area (Å²) in [6.45, 7) is 0. The molecule has 3 aliphatic carbocycles. The van der Waals surface area contributed by atoms with Crippen molar-refractivity contribution in [3.8, 4) is 5.75 Å². The van der Waals surface area contributed by atoms with Gasteiger partial charge in [-0.15, -0.1) is 0 Å². The minimum absolute atomic E-state index is 0.0742. The Morgan fingerprint density at radius 2 is 1.85 bits per heavy atom. The van der Waals surface area contributed by atoms with Crippen molar-refractivity contribution in [2.45, 2.75) is 31.0 Å². The molecule has 2 amide bonds. The highest BCUT2D eigenvalue weighted by Gasteiger charge is 2.62. The fourth-order valence-electron chi connectivity index (χ4n) is 5.42. The summed E-state index contributed by atoms with van der Waals surface area (Å²) in [4.78, 5) is 51.5. The van der Waals surface area contributed by atoms with E-state index in [9.17, 15) is 39.6 Å². The number of Topliss-reactive ketones (excluding diaryl/α,β-unsaturated/α-hetero) is 2. The smallest absolute Gasteiger partial charge is 0.246 e. The van der Waals surface area contributed by atoms with Crippen LogP contribution in [0.3, 0.4) is 0 Å². The number of hydrogen-bond acceptors (Lipinski definition) is 8. The van der Waals surface area contributed by atoms with Crippen LogP contribution in [0.4, 0.5) is 0 Å². The molecule has 0 aromatic heterocycles. The number of primary amides is 1. The predicted octanol–water partition coefficient (Wildman–Crippen LogP) is -0.153. The summed E-state index contributed by atoms with van der Waals surface area (Å²) in [5.41, 5.74) is 3.41. The van der Waals surface area contributed by atoms with Gasteiger partial charge in [0.25, 0.3) is 0 Å². The van der Waals surface area contributed by atoms with Gasteiger partial charge < -0.3 is 31.1 Å². The summed E-state index contributed by atoms with van der Waals surface area (Å²) in [5.74, 6) is -7.79. The Labute approximate surface area is 195 Å². The van der Waals surface area contributed by atoms with Crippen molar-refractivity contribution in [2.75, 3.05) is 14.1 Å². The van der Waals surface area contributed by atoms with E-state index in [-0.39, 0.29) is 42.1 Å². The minimum Gasteiger partial charge on any atom is -0.508 e. The number of nitrogens with zero attached hydrogens (tertiary/aromatic N) is 1. The second-order valence-electron chi connectivity index (χ2n) is 9.33. The van der Waals surface area contributed by atoms with Crippen LogP contribution in [0.5, 0.6) is 5.75 Å². The largest absolute Gasteiger partial charge is 0.508 e. The summed E-state index contributed by atoms with van der Waals surface area (Å²) < 4.78 is 0. The second-order valence-corrected chi connectivity index (χ2v) is 9.33. The average molecular weight is 470 g/mol.